The van der Waals surface area contributed by atoms with Gasteiger partial charge in [0.15, 0.2) is 0 Å². The number of carbonyl (C=O) groups is 1. The van der Waals surface area contributed by atoms with Gasteiger partial charge in [-0.1, -0.05) is 28.8 Å². The van der Waals surface area contributed by atoms with Crippen LogP contribution in [0.5, 0.6) is 5.75 Å². The fourth-order valence-electron chi connectivity index (χ4n) is 2.96. The number of carbonyl (C=O) groups excluding carboxylic acids is 1. The molecule has 1 fully saturated rings. The molecule has 0 heterocycles. The fourth-order valence-corrected chi connectivity index (χ4v) is 3.82. The van der Waals surface area contributed by atoms with Gasteiger partial charge in [0.2, 0.25) is 6.41 Å². The summed E-state index contributed by atoms with van der Waals surface area (Å²) in [7, 11) is 1.65. The Labute approximate surface area is 129 Å². The second kappa shape index (κ2) is 7.67. The summed E-state index contributed by atoms with van der Waals surface area (Å²) in [4.78, 5) is 13.2. The van der Waals surface area contributed by atoms with Crippen molar-refractivity contribution < 1.29 is 9.53 Å². The van der Waals surface area contributed by atoms with E-state index in [1.807, 2.05) is 29.2 Å². The van der Waals surface area contributed by atoms with E-state index in [1.54, 1.807) is 7.11 Å². The molecular formula is C16H22BrNO2. The molecule has 110 valence electrons. The number of nitrogens with zero attached hydrogens (tertiary/aromatic N) is 1. The maximum Gasteiger partial charge on any atom is 0.214 e. The molecule has 2 rings (SSSR count). The molecule has 0 radical (unpaired) electrons. The number of anilines is 1. The molecule has 4 heteroatoms. The van der Waals surface area contributed by atoms with Gasteiger partial charge in [-0.15, -0.1) is 0 Å². The van der Waals surface area contributed by atoms with E-state index in [0.717, 1.165) is 29.7 Å². The van der Waals surface area contributed by atoms with Crippen LogP contribution in [0.25, 0.3) is 0 Å². The van der Waals surface area contributed by atoms with Gasteiger partial charge in [0.05, 0.1) is 7.11 Å². The van der Waals surface area contributed by atoms with E-state index in [4.69, 9.17) is 4.74 Å². The van der Waals surface area contributed by atoms with Crippen molar-refractivity contribution in [1.82, 2.24) is 0 Å². The Bertz CT molecular complexity index is 421. The predicted molar refractivity (Wildman–Crippen MR) is 85.6 cm³/mol. The third kappa shape index (κ3) is 3.75. The molecule has 1 amide bonds. The SMILES string of the molecule is COc1ccc(N(C=O)C[C@@H]2CCCC[C@@H]2CBr)cc1. The lowest BCUT2D eigenvalue weighted by Crippen LogP contribution is -2.34. The number of hydrogen-bond acceptors (Lipinski definition) is 2. The minimum absolute atomic E-state index is 0.593. The highest BCUT2D eigenvalue weighted by Crippen LogP contribution is 2.32. The molecule has 20 heavy (non-hydrogen) atoms. The van der Waals surface area contributed by atoms with Crippen LogP contribution >= 0.6 is 15.9 Å². The first-order chi connectivity index (χ1) is 9.78. The number of amides is 1. The van der Waals surface area contributed by atoms with Crippen molar-refractivity contribution in [3.8, 4) is 5.75 Å². The molecule has 1 saturated carbocycles. The van der Waals surface area contributed by atoms with Crippen molar-refractivity contribution in [2.75, 3.05) is 23.9 Å². The van der Waals surface area contributed by atoms with Crippen LogP contribution in [0.1, 0.15) is 25.7 Å². The maximum absolute atomic E-state index is 11.4. The van der Waals surface area contributed by atoms with Crippen LogP contribution in [0.15, 0.2) is 24.3 Å². The number of methoxy groups -OCH3 is 1. The van der Waals surface area contributed by atoms with Crippen molar-refractivity contribution in [1.29, 1.82) is 0 Å². The minimum Gasteiger partial charge on any atom is -0.497 e. The number of rotatable bonds is 6. The summed E-state index contributed by atoms with van der Waals surface area (Å²) < 4.78 is 5.15. The normalized spacial score (nSPS) is 22.3. The van der Waals surface area contributed by atoms with Crippen LogP contribution in [-0.2, 0) is 4.79 Å². The monoisotopic (exact) mass is 339 g/mol. The Morgan fingerprint density at radius 1 is 1.25 bits per heavy atom. The van der Waals surface area contributed by atoms with E-state index < -0.39 is 0 Å². The van der Waals surface area contributed by atoms with Gasteiger partial charge in [0.1, 0.15) is 5.75 Å². The molecule has 0 aliphatic heterocycles. The zero-order valence-corrected chi connectivity index (χ0v) is 13.5. The first kappa shape index (κ1) is 15.4. The van der Waals surface area contributed by atoms with Crippen LogP contribution in [0.3, 0.4) is 0 Å². The largest absolute Gasteiger partial charge is 0.497 e. The lowest BCUT2D eigenvalue weighted by molar-refractivity contribution is -0.107. The van der Waals surface area contributed by atoms with Crippen LogP contribution in [-0.4, -0.2) is 25.4 Å². The van der Waals surface area contributed by atoms with Crippen LogP contribution in [0.2, 0.25) is 0 Å². The smallest absolute Gasteiger partial charge is 0.214 e. The summed E-state index contributed by atoms with van der Waals surface area (Å²) in [6, 6.07) is 7.68. The Morgan fingerprint density at radius 2 is 1.90 bits per heavy atom. The highest BCUT2D eigenvalue weighted by Gasteiger charge is 2.26. The lowest BCUT2D eigenvalue weighted by atomic mass is 9.80. The second-order valence-corrected chi connectivity index (χ2v) is 6.06. The number of benzene rings is 1. The van der Waals surface area contributed by atoms with Crippen molar-refractivity contribution in [3.05, 3.63) is 24.3 Å². The molecule has 0 spiro atoms. The molecule has 1 aromatic rings. The average molecular weight is 340 g/mol. The third-order valence-electron chi connectivity index (χ3n) is 4.23. The fraction of sp³-hybridized carbons (Fsp3) is 0.562. The van der Waals surface area contributed by atoms with Crippen molar-refractivity contribution in [2.45, 2.75) is 25.7 Å². The van der Waals surface area contributed by atoms with E-state index in [-0.39, 0.29) is 0 Å². The summed E-state index contributed by atoms with van der Waals surface area (Å²) in [6.07, 6.45) is 6.03. The first-order valence-electron chi connectivity index (χ1n) is 7.20. The van der Waals surface area contributed by atoms with E-state index >= 15 is 0 Å². The van der Waals surface area contributed by atoms with Gasteiger partial charge >= 0.3 is 0 Å². The van der Waals surface area contributed by atoms with Crippen LogP contribution < -0.4 is 9.64 Å². The molecule has 0 bridgehead atoms. The quantitative estimate of drug-likeness (QED) is 0.581. The van der Waals surface area contributed by atoms with Crippen molar-refractivity contribution in [3.63, 3.8) is 0 Å². The third-order valence-corrected chi connectivity index (χ3v) is 5.06. The Balaban J connectivity index is 2.05. The molecular weight excluding hydrogens is 318 g/mol. The van der Waals surface area contributed by atoms with Gasteiger partial charge in [-0.25, -0.2) is 0 Å². The number of halogens is 1. The Morgan fingerprint density at radius 3 is 2.45 bits per heavy atom. The van der Waals surface area contributed by atoms with Gasteiger partial charge < -0.3 is 9.64 Å². The van der Waals surface area contributed by atoms with Gasteiger partial charge in [0.25, 0.3) is 0 Å². The topological polar surface area (TPSA) is 29.5 Å². The van der Waals surface area contributed by atoms with E-state index in [2.05, 4.69) is 15.9 Å². The first-order valence-corrected chi connectivity index (χ1v) is 8.32. The summed E-state index contributed by atoms with van der Waals surface area (Å²) >= 11 is 3.61. The Kier molecular flexibility index (Phi) is 5.89. The van der Waals surface area contributed by atoms with E-state index in [9.17, 15) is 4.79 Å². The van der Waals surface area contributed by atoms with Crippen LogP contribution in [0.4, 0.5) is 5.69 Å². The van der Waals surface area contributed by atoms with Gasteiger partial charge in [-0.3, -0.25) is 4.79 Å². The molecule has 3 nitrogen and oxygen atoms in total. The molecule has 1 aliphatic carbocycles. The van der Waals surface area contributed by atoms with Gasteiger partial charge in [-0.05, 0) is 48.9 Å². The highest BCUT2D eigenvalue weighted by molar-refractivity contribution is 9.09. The van der Waals surface area contributed by atoms with Crippen molar-refractivity contribution in [2.24, 2.45) is 11.8 Å². The zero-order chi connectivity index (χ0) is 14.4. The summed E-state index contributed by atoms with van der Waals surface area (Å²) in [5.74, 6) is 2.09. The second-order valence-electron chi connectivity index (χ2n) is 5.41. The molecule has 1 aromatic carbocycles. The average Bonchev–Trinajstić information content (AvgIpc) is 2.53. The summed E-state index contributed by atoms with van der Waals surface area (Å²) in [5, 5.41) is 1.03. The van der Waals surface area contributed by atoms with Crippen LogP contribution in [0, 0.1) is 11.8 Å². The minimum atomic E-state index is 0.593. The lowest BCUT2D eigenvalue weighted by Gasteiger charge is -2.33. The number of hydrogen-bond donors (Lipinski definition) is 0. The van der Waals surface area contributed by atoms with Gasteiger partial charge in [-0.2, -0.15) is 0 Å². The highest BCUT2D eigenvalue weighted by atomic mass is 79.9. The Hall–Kier alpha value is -1.03. The standard InChI is InChI=1S/C16H22BrNO2/c1-20-16-8-6-15(7-9-16)18(12-19)11-14-5-3-2-4-13(14)10-17/h6-9,12-14H,2-5,10-11H2,1H3/t13-,14+/m1/s1. The van der Waals surface area contributed by atoms with E-state index in [0.29, 0.717) is 11.8 Å². The predicted octanol–water partition coefficient (Wildman–Crippen LogP) is 3.86. The summed E-state index contributed by atoms with van der Waals surface area (Å²) in [5.41, 5.74) is 0.944. The molecule has 0 aromatic heterocycles. The molecule has 1 aliphatic rings. The van der Waals surface area contributed by atoms with Gasteiger partial charge in [0, 0.05) is 17.6 Å². The van der Waals surface area contributed by atoms with Crippen molar-refractivity contribution >= 4 is 28.0 Å². The summed E-state index contributed by atoms with van der Waals surface area (Å²) in [6.45, 7) is 0.812. The zero-order valence-electron chi connectivity index (χ0n) is 11.9. The number of alkyl halides is 1. The molecule has 0 N–H and O–H groups in total. The maximum atomic E-state index is 11.4. The van der Waals surface area contributed by atoms with E-state index in [1.165, 1.54) is 25.7 Å². The molecule has 2 atom stereocenters. The molecule has 0 saturated heterocycles. The molecule has 0 unspecified atom stereocenters. The number of ether oxygens (including phenoxy) is 1.